The van der Waals surface area contributed by atoms with Crippen LogP contribution in [0.5, 0.6) is 11.5 Å². The average molecular weight is 484 g/mol. The van der Waals surface area contributed by atoms with Crippen molar-refractivity contribution in [3.8, 4) is 11.5 Å². The fourth-order valence-electron chi connectivity index (χ4n) is 3.82. The summed E-state index contributed by atoms with van der Waals surface area (Å²) in [7, 11) is 0. The number of amides is 3. The molecule has 0 atom stereocenters. The Hall–Kier alpha value is -3.86. The lowest BCUT2D eigenvalue weighted by Crippen LogP contribution is -2.44. The van der Waals surface area contributed by atoms with E-state index in [0.29, 0.717) is 31.3 Å². The number of nitro benzene ring substituents is 1. The second kappa shape index (κ2) is 9.56. The van der Waals surface area contributed by atoms with E-state index >= 15 is 0 Å². The van der Waals surface area contributed by atoms with Crippen LogP contribution in [0.25, 0.3) is 6.08 Å². The smallest absolute Gasteiger partial charge is 0.294 e. The maximum atomic E-state index is 12.9. The van der Waals surface area contributed by atoms with Crippen molar-refractivity contribution in [2.24, 2.45) is 0 Å². The van der Waals surface area contributed by atoms with Crippen LogP contribution in [0.15, 0.2) is 41.3 Å². The molecular formula is C23H21N3O7S. The molecule has 0 bridgehead atoms. The lowest BCUT2D eigenvalue weighted by atomic mass is 10.00. The molecule has 34 heavy (non-hydrogen) atoms. The highest BCUT2D eigenvalue weighted by molar-refractivity contribution is 8.18. The first-order chi connectivity index (χ1) is 16.3. The summed E-state index contributed by atoms with van der Waals surface area (Å²) in [5.74, 6) is -1.55. The molecule has 1 N–H and O–H groups in total. The second-order valence-corrected chi connectivity index (χ2v) is 8.67. The number of non-ortho nitro benzene ring substituents is 1. The number of rotatable bonds is 6. The highest BCUT2D eigenvalue weighted by Crippen LogP contribution is 2.39. The predicted molar refractivity (Wildman–Crippen MR) is 124 cm³/mol. The molecule has 2 aliphatic heterocycles. The van der Waals surface area contributed by atoms with E-state index in [9.17, 15) is 29.6 Å². The molecule has 1 saturated heterocycles. The third-order valence-corrected chi connectivity index (χ3v) is 6.44. The van der Waals surface area contributed by atoms with E-state index in [1.807, 2.05) is 24.3 Å². The number of hydrogen-bond acceptors (Lipinski definition) is 8. The van der Waals surface area contributed by atoms with Gasteiger partial charge in [-0.2, -0.15) is 0 Å². The van der Waals surface area contributed by atoms with Crippen LogP contribution in [0.4, 0.5) is 10.5 Å². The number of carbonyl (C=O) groups excluding carboxylic acids is 3. The molecule has 0 saturated carbocycles. The minimum atomic E-state index is -0.704. The summed E-state index contributed by atoms with van der Waals surface area (Å²) < 4.78 is 5.24. The van der Waals surface area contributed by atoms with Gasteiger partial charge in [0.2, 0.25) is 5.91 Å². The van der Waals surface area contributed by atoms with Gasteiger partial charge in [-0.3, -0.25) is 29.4 Å². The Morgan fingerprint density at radius 1 is 1.26 bits per heavy atom. The van der Waals surface area contributed by atoms with Crippen LogP contribution in [-0.4, -0.2) is 56.6 Å². The monoisotopic (exact) mass is 483 g/mol. The molecule has 0 aromatic heterocycles. The number of aromatic hydroxyl groups is 1. The van der Waals surface area contributed by atoms with Gasteiger partial charge in [0.1, 0.15) is 6.54 Å². The van der Waals surface area contributed by atoms with E-state index in [-0.39, 0.29) is 40.2 Å². The number of benzene rings is 2. The van der Waals surface area contributed by atoms with Crippen molar-refractivity contribution in [3.63, 3.8) is 0 Å². The van der Waals surface area contributed by atoms with Crippen LogP contribution in [-0.2, 0) is 22.6 Å². The van der Waals surface area contributed by atoms with Crippen molar-refractivity contribution in [2.45, 2.75) is 19.9 Å². The van der Waals surface area contributed by atoms with E-state index in [0.717, 1.165) is 22.6 Å². The number of imide groups is 1. The topological polar surface area (TPSA) is 130 Å². The highest BCUT2D eigenvalue weighted by Gasteiger charge is 2.38. The highest BCUT2D eigenvalue weighted by atomic mass is 32.2. The fraction of sp³-hybridized carbons (Fsp3) is 0.261. The van der Waals surface area contributed by atoms with Gasteiger partial charge in [-0.25, -0.2) is 0 Å². The summed E-state index contributed by atoms with van der Waals surface area (Å²) in [6.45, 7) is 2.30. The first kappa shape index (κ1) is 23.3. The molecule has 2 aliphatic rings. The van der Waals surface area contributed by atoms with Gasteiger partial charge in [-0.15, -0.1) is 0 Å². The van der Waals surface area contributed by atoms with Crippen molar-refractivity contribution in [1.82, 2.24) is 9.80 Å². The van der Waals surface area contributed by atoms with Gasteiger partial charge in [0.05, 0.1) is 22.5 Å². The summed E-state index contributed by atoms with van der Waals surface area (Å²) in [5, 5.41) is 21.0. The average Bonchev–Trinajstić information content (AvgIpc) is 3.08. The second-order valence-electron chi connectivity index (χ2n) is 7.67. The van der Waals surface area contributed by atoms with Crippen molar-refractivity contribution in [3.05, 3.63) is 68.1 Å². The summed E-state index contributed by atoms with van der Waals surface area (Å²) in [6.07, 6.45) is 1.88. The molecule has 2 heterocycles. The van der Waals surface area contributed by atoms with Crippen LogP contribution < -0.4 is 4.74 Å². The van der Waals surface area contributed by atoms with Gasteiger partial charge in [-0.05, 0) is 42.3 Å². The van der Waals surface area contributed by atoms with Gasteiger partial charge < -0.3 is 14.7 Å². The number of nitrogens with zero attached hydrogens (tertiary/aromatic N) is 3. The van der Waals surface area contributed by atoms with Crippen LogP contribution in [0.3, 0.4) is 0 Å². The van der Waals surface area contributed by atoms with E-state index in [1.54, 1.807) is 11.8 Å². The van der Waals surface area contributed by atoms with Crippen molar-refractivity contribution in [2.75, 3.05) is 19.7 Å². The lowest BCUT2D eigenvalue weighted by molar-refractivity contribution is -0.385. The molecule has 1 fully saturated rings. The molecule has 4 rings (SSSR count). The van der Waals surface area contributed by atoms with E-state index in [2.05, 4.69) is 0 Å². The molecule has 0 radical (unpaired) electrons. The van der Waals surface area contributed by atoms with E-state index < -0.39 is 22.6 Å². The molecule has 2 aromatic carbocycles. The van der Waals surface area contributed by atoms with Crippen LogP contribution in [0.1, 0.15) is 23.6 Å². The maximum absolute atomic E-state index is 12.9. The zero-order valence-corrected chi connectivity index (χ0v) is 19.0. The zero-order valence-electron chi connectivity index (χ0n) is 18.2. The van der Waals surface area contributed by atoms with Crippen molar-refractivity contribution < 1.29 is 29.2 Å². The molecule has 3 amide bonds. The Balaban J connectivity index is 1.53. The van der Waals surface area contributed by atoms with Gasteiger partial charge in [0, 0.05) is 24.7 Å². The zero-order chi connectivity index (χ0) is 24.4. The molecule has 2 aromatic rings. The Bertz CT molecular complexity index is 1230. The number of nitro groups is 1. The Morgan fingerprint density at radius 2 is 2.00 bits per heavy atom. The standard InChI is InChI=1S/C23H21N3O7S/c1-2-33-18-11-17(26(31)32)9-16(21(18)28)10-19-22(29)25(23(30)34-19)13-20(27)24-8-7-14-5-3-4-6-15(14)12-24/h3-6,9-11,28H,2,7-8,12-13H2,1H3/b19-10-. The van der Waals surface area contributed by atoms with Crippen LogP contribution >= 0.6 is 11.8 Å². The number of fused-ring (bicyclic) bond motifs is 1. The molecule has 10 nitrogen and oxygen atoms in total. The first-order valence-electron chi connectivity index (χ1n) is 10.5. The Labute approximate surface area is 198 Å². The van der Waals surface area contributed by atoms with E-state index in [4.69, 9.17) is 4.74 Å². The normalized spacial score (nSPS) is 16.7. The third kappa shape index (κ3) is 4.60. The summed E-state index contributed by atoms with van der Waals surface area (Å²) in [6, 6.07) is 9.96. The molecular weight excluding hydrogens is 462 g/mol. The minimum absolute atomic E-state index is 0.0397. The largest absolute Gasteiger partial charge is 0.504 e. The Morgan fingerprint density at radius 3 is 2.71 bits per heavy atom. The number of phenols is 1. The quantitative estimate of drug-likeness (QED) is 0.376. The van der Waals surface area contributed by atoms with Gasteiger partial charge >= 0.3 is 0 Å². The molecule has 0 unspecified atom stereocenters. The number of carbonyl (C=O) groups is 3. The third-order valence-electron chi connectivity index (χ3n) is 5.54. The lowest BCUT2D eigenvalue weighted by Gasteiger charge is -2.29. The summed E-state index contributed by atoms with van der Waals surface area (Å²) >= 11 is 0.602. The summed E-state index contributed by atoms with van der Waals surface area (Å²) in [5.41, 5.74) is 1.82. The van der Waals surface area contributed by atoms with Crippen LogP contribution in [0, 0.1) is 10.1 Å². The van der Waals surface area contributed by atoms with E-state index in [1.165, 1.54) is 11.6 Å². The van der Waals surface area contributed by atoms with Gasteiger partial charge in [-0.1, -0.05) is 24.3 Å². The van der Waals surface area contributed by atoms with Gasteiger partial charge in [0.15, 0.2) is 11.5 Å². The molecule has 0 aliphatic carbocycles. The Kier molecular flexibility index (Phi) is 6.55. The predicted octanol–water partition coefficient (Wildman–Crippen LogP) is 3.32. The van der Waals surface area contributed by atoms with Crippen molar-refractivity contribution >= 4 is 40.6 Å². The number of ether oxygens (including phenoxy) is 1. The van der Waals surface area contributed by atoms with Gasteiger partial charge in [0.25, 0.3) is 16.8 Å². The SMILES string of the molecule is CCOc1cc([N+](=O)[O-])cc(/C=C2\SC(=O)N(CC(=O)N3CCc4ccccc4C3)C2=O)c1O. The molecule has 0 spiro atoms. The van der Waals surface area contributed by atoms with Crippen LogP contribution in [0.2, 0.25) is 0 Å². The molecule has 11 heteroatoms. The maximum Gasteiger partial charge on any atom is 0.294 e. The van der Waals surface area contributed by atoms with Crippen molar-refractivity contribution in [1.29, 1.82) is 0 Å². The summed E-state index contributed by atoms with van der Waals surface area (Å²) in [4.78, 5) is 51.2. The number of thioether (sulfide) groups is 1. The fourth-order valence-corrected chi connectivity index (χ4v) is 4.65. The number of phenolic OH excluding ortho intramolecular Hbond substituents is 1. The molecule has 176 valence electrons. The first-order valence-corrected chi connectivity index (χ1v) is 11.3. The number of hydrogen-bond donors (Lipinski definition) is 1. The minimum Gasteiger partial charge on any atom is -0.504 e.